The minimum atomic E-state index is -0.915. The van der Waals surface area contributed by atoms with E-state index in [9.17, 15) is 9.59 Å². The van der Waals surface area contributed by atoms with Gasteiger partial charge in [-0.2, -0.15) is 0 Å². The van der Waals surface area contributed by atoms with Gasteiger partial charge in [0.2, 0.25) is 0 Å². The summed E-state index contributed by atoms with van der Waals surface area (Å²) in [4.78, 5) is 20.7. The minimum absolute atomic E-state index is 0.537. The Hall–Kier alpha value is -1.06. The number of carbonyl (C=O) groups excluding carboxylic acids is 2. The van der Waals surface area contributed by atoms with Crippen molar-refractivity contribution in [1.29, 1.82) is 0 Å². The predicted octanol–water partition coefficient (Wildman–Crippen LogP) is -0.222. The average molecular weight is 158 g/mol. The number of hydrogen-bond acceptors (Lipinski definition) is 2. The monoisotopic (exact) mass is 158 g/mol. The van der Waals surface area contributed by atoms with Gasteiger partial charge in [0.05, 0.1) is 0 Å². The van der Waals surface area contributed by atoms with Crippen LogP contribution in [0.2, 0.25) is 0 Å². The first-order valence-corrected chi connectivity index (χ1v) is 3.76. The molecule has 4 heteroatoms. The SMILES string of the molecule is CCCCCNC(=O)C(N)=O. The molecule has 0 aliphatic rings. The van der Waals surface area contributed by atoms with Crippen molar-refractivity contribution < 1.29 is 9.59 Å². The maximum atomic E-state index is 10.5. The van der Waals surface area contributed by atoms with Crippen LogP contribution in [-0.2, 0) is 9.59 Å². The van der Waals surface area contributed by atoms with Crippen LogP contribution in [0.15, 0.2) is 0 Å². The summed E-state index contributed by atoms with van der Waals surface area (Å²) in [5.41, 5.74) is 4.70. The fourth-order valence-corrected chi connectivity index (χ4v) is 0.664. The maximum Gasteiger partial charge on any atom is 0.309 e. The van der Waals surface area contributed by atoms with Gasteiger partial charge in [-0.15, -0.1) is 0 Å². The van der Waals surface area contributed by atoms with Gasteiger partial charge in [-0.25, -0.2) is 0 Å². The van der Waals surface area contributed by atoms with Crippen molar-refractivity contribution in [3.05, 3.63) is 0 Å². The first-order chi connectivity index (χ1) is 5.18. The van der Waals surface area contributed by atoms with Gasteiger partial charge in [0, 0.05) is 6.54 Å². The molecule has 3 N–H and O–H groups in total. The zero-order valence-corrected chi connectivity index (χ0v) is 6.72. The highest BCUT2D eigenvalue weighted by Crippen LogP contribution is 1.90. The summed E-state index contributed by atoms with van der Waals surface area (Å²) in [5, 5.41) is 2.40. The molecule has 0 aliphatic carbocycles. The van der Waals surface area contributed by atoms with Crippen molar-refractivity contribution in [1.82, 2.24) is 5.32 Å². The van der Waals surface area contributed by atoms with E-state index < -0.39 is 11.8 Å². The van der Waals surface area contributed by atoms with Crippen LogP contribution >= 0.6 is 0 Å². The highest BCUT2D eigenvalue weighted by molar-refractivity contribution is 6.34. The minimum Gasteiger partial charge on any atom is -0.361 e. The number of unbranched alkanes of at least 4 members (excludes halogenated alkanes) is 2. The standard InChI is InChI=1S/C7H14N2O2/c1-2-3-4-5-9-7(11)6(8)10/h2-5H2,1H3,(H2,8,10)(H,9,11). The lowest BCUT2D eigenvalue weighted by atomic mass is 10.2. The molecule has 0 saturated heterocycles. The molecule has 0 aliphatic heterocycles. The second kappa shape index (κ2) is 5.70. The Labute approximate surface area is 66.1 Å². The van der Waals surface area contributed by atoms with Crippen molar-refractivity contribution in [2.24, 2.45) is 5.73 Å². The summed E-state index contributed by atoms with van der Waals surface area (Å²) in [6.07, 6.45) is 3.04. The Kier molecular flexibility index (Phi) is 5.15. The van der Waals surface area contributed by atoms with Crippen LogP contribution in [0.1, 0.15) is 26.2 Å². The molecule has 0 radical (unpaired) electrons. The fraction of sp³-hybridized carbons (Fsp3) is 0.714. The molecule has 2 amide bonds. The summed E-state index contributed by atoms with van der Waals surface area (Å²) in [7, 11) is 0. The van der Waals surface area contributed by atoms with Crippen molar-refractivity contribution in [2.45, 2.75) is 26.2 Å². The number of hydrogen-bond donors (Lipinski definition) is 2. The Bertz CT molecular complexity index is 145. The normalized spacial score (nSPS) is 9.18. The van der Waals surface area contributed by atoms with Gasteiger partial charge < -0.3 is 11.1 Å². The second-order valence-electron chi connectivity index (χ2n) is 2.33. The van der Waals surface area contributed by atoms with E-state index in [-0.39, 0.29) is 0 Å². The number of carbonyl (C=O) groups is 2. The Balaban J connectivity index is 3.25. The largest absolute Gasteiger partial charge is 0.361 e. The van der Waals surface area contributed by atoms with Crippen LogP contribution in [0.25, 0.3) is 0 Å². The van der Waals surface area contributed by atoms with Gasteiger partial charge in [0.15, 0.2) is 0 Å². The van der Waals surface area contributed by atoms with E-state index in [1.807, 2.05) is 0 Å². The summed E-state index contributed by atoms with van der Waals surface area (Å²) in [5.74, 6) is -1.61. The highest BCUT2D eigenvalue weighted by Gasteiger charge is 2.05. The average Bonchev–Trinajstić information content (AvgIpc) is 1.97. The Morgan fingerprint density at radius 1 is 1.36 bits per heavy atom. The van der Waals surface area contributed by atoms with Gasteiger partial charge in [-0.3, -0.25) is 9.59 Å². The van der Waals surface area contributed by atoms with Gasteiger partial charge in [-0.05, 0) is 6.42 Å². The molecule has 4 nitrogen and oxygen atoms in total. The van der Waals surface area contributed by atoms with Gasteiger partial charge in [0.1, 0.15) is 0 Å². The zero-order valence-electron chi connectivity index (χ0n) is 6.72. The third kappa shape index (κ3) is 5.39. The van der Waals surface area contributed by atoms with E-state index in [1.54, 1.807) is 0 Å². The molecule has 64 valence electrons. The van der Waals surface area contributed by atoms with Crippen LogP contribution in [0.3, 0.4) is 0 Å². The predicted molar refractivity (Wildman–Crippen MR) is 41.7 cm³/mol. The molecule has 0 atom stereocenters. The van der Waals surface area contributed by atoms with Crippen molar-refractivity contribution in [2.75, 3.05) is 6.54 Å². The topological polar surface area (TPSA) is 72.2 Å². The van der Waals surface area contributed by atoms with Crippen molar-refractivity contribution in [3.8, 4) is 0 Å². The van der Waals surface area contributed by atoms with E-state index in [2.05, 4.69) is 12.2 Å². The molecule has 0 aromatic carbocycles. The molecule has 0 bridgehead atoms. The smallest absolute Gasteiger partial charge is 0.309 e. The van der Waals surface area contributed by atoms with Crippen molar-refractivity contribution in [3.63, 3.8) is 0 Å². The number of rotatable bonds is 4. The van der Waals surface area contributed by atoms with E-state index in [1.165, 1.54) is 0 Å². The third-order valence-corrected chi connectivity index (χ3v) is 1.29. The van der Waals surface area contributed by atoms with E-state index in [4.69, 9.17) is 5.73 Å². The first-order valence-electron chi connectivity index (χ1n) is 3.76. The molecule has 0 fully saturated rings. The third-order valence-electron chi connectivity index (χ3n) is 1.29. The van der Waals surface area contributed by atoms with Crippen LogP contribution in [0, 0.1) is 0 Å². The second-order valence-corrected chi connectivity index (χ2v) is 2.33. The maximum absolute atomic E-state index is 10.5. The molecular formula is C7H14N2O2. The summed E-state index contributed by atoms with van der Waals surface area (Å²) >= 11 is 0. The van der Waals surface area contributed by atoms with E-state index in [0.717, 1.165) is 19.3 Å². The number of nitrogens with one attached hydrogen (secondary N) is 1. The lowest BCUT2D eigenvalue weighted by Crippen LogP contribution is -2.36. The zero-order chi connectivity index (χ0) is 8.69. The van der Waals surface area contributed by atoms with Crippen LogP contribution in [0.4, 0.5) is 0 Å². The molecule has 0 spiro atoms. The quantitative estimate of drug-likeness (QED) is 0.438. The number of primary amides is 1. The van der Waals surface area contributed by atoms with Gasteiger partial charge in [-0.1, -0.05) is 19.8 Å². The van der Waals surface area contributed by atoms with Gasteiger partial charge in [0.25, 0.3) is 0 Å². The summed E-state index contributed by atoms with van der Waals surface area (Å²) < 4.78 is 0. The first kappa shape index (κ1) is 9.94. The Morgan fingerprint density at radius 3 is 2.45 bits per heavy atom. The molecule has 0 aromatic rings. The summed E-state index contributed by atoms with van der Waals surface area (Å²) in [6, 6.07) is 0. The van der Waals surface area contributed by atoms with Crippen molar-refractivity contribution >= 4 is 11.8 Å². The van der Waals surface area contributed by atoms with Crippen LogP contribution < -0.4 is 11.1 Å². The van der Waals surface area contributed by atoms with Crippen LogP contribution in [-0.4, -0.2) is 18.4 Å². The van der Waals surface area contributed by atoms with E-state index in [0.29, 0.717) is 6.54 Å². The Morgan fingerprint density at radius 2 is 2.00 bits per heavy atom. The lowest BCUT2D eigenvalue weighted by Gasteiger charge is -1.99. The molecular weight excluding hydrogens is 144 g/mol. The molecule has 0 heterocycles. The van der Waals surface area contributed by atoms with Gasteiger partial charge >= 0.3 is 11.8 Å². The number of nitrogens with two attached hydrogens (primary N) is 1. The molecule has 11 heavy (non-hydrogen) atoms. The fourth-order valence-electron chi connectivity index (χ4n) is 0.664. The molecule has 0 rings (SSSR count). The highest BCUT2D eigenvalue weighted by atomic mass is 16.2. The van der Waals surface area contributed by atoms with Crippen LogP contribution in [0.5, 0.6) is 0 Å². The molecule has 0 saturated carbocycles. The molecule has 0 aromatic heterocycles. The molecule has 0 unspecified atom stereocenters. The number of amides is 2. The summed E-state index contributed by atoms with van der Waals surface area (Å²) in [6.45, 7) is 2.60. The lowest BCUT2D eigenvalue weighted by molar-refractivity contribution is -0.137. The van der Waals surface area contributed by atoms with E-state index >= 15 is 0 Å².